The van der Waals surface area contributed by atoms with E-state index in [4.69, 9.17) is 0 Å². The summed E-state index contributed by atoms with van der Waals surface area (Å²) in [7, 11) is 0. The molecule has 2 aromatic heterocycles. The van der Waals surface area contributed by atoms with Crippen molar-refractivity contribution in [3.05, 3.63) is 106 Å². The normalized spacial score (nSPS) is 11.4. The second-order valence-electron chi connectivity index (χ2n) is 7.65. The van der Waals surface area contributed by atoms with Crippen molar-refractivity contribution >= 4 is 28.4 Å². The van der Waals surface area contributed by atoms with Gasteiger partial charge in [-0.05, 0) is 37.3 Å². The van der Waals surface area contributed by atoms with Crippen molar-refractivity contribution in [3.63, 3.8) is 0 Å². The number of nitrogens with one attached hydrogen (secondary N) is 1. The molecule has 34 heavy (non-hydrogen) atoms. The molecule has 0 radical (unpaired) electrons. The molecule has 4 rings (SSSR count). The number of pyridine rings is 2. The summed E-state index contributed by atoms with van der Waals surface area (Å²) in [6, 6.07) is 15.6. The van der Waals surface area contributed by atoms with Gasteiger partial charge in [-0.1, -0.05) is 36.4 Å². The molecule has 9 heteroatoms. The number of hydrogen-bond acceptors (Lipinski definition) is 4. The molecule has 0 aliphatic carbocycles. The van der Waals surface area contributed by atoms with Gasteiger partial charge in [0.1, 0.15) is 12.2 Å². The molecule has 0 atom stereocenters. The van der Waals surface area contributed by atoms with Crippen molar-refractivity contribution in [2.75, 3.05) is 5.32 Å². The first-order chi connectivity index (χ1) is 16.1. The second kappa shape index (κ2) is 8.93. The average Bonchev–Trinajstić information content (AvgIpc) is 2.80. The van der Waals surface area contributed by atoms with Crippen LogP contribution < -0.4 is 10.7 Å². The van der Waals surface area contributed by atoms with E-state index in [9.17, 15) is 27.6 Å². The summed E-state index contributed by atoms with van der Waals surface area (Å²) in [4.78, 5) is 43.1. The van der Waals surface area contributed by atoms with Crippen LogP contribution in [0.3, 0.4) is 0 Å². The minimum Gasteiger partial charge on any atom is -0.325 e. The molecule has 2 heterocycles. The van der Waals surface area contributed by atoms with Crippen LogP contribution in [0.4, 0.5) is 18.9 Å². The summed E-state index contributed by atoms with van der Waals surface area (Å²) in [5.74, 6) is -1.16. The van der Waals surface area contributed by atoms with E-state index in [1.165, 1.54) is 29.0 Å². The number of benzene rings is 2. The second-order valence-corrected chi connectivity index (χ2v) is 7.65. The fourth-order valence-electron chi connectivity index (χ4n) is 3.52. The maximum atomic E-state index is 13.0. The van der Waals surface area contributed by atoms with E-state index >= 15 is 0 Å². The summed E-state index contributed by atoms with van der Waals surface area (Å²) in [6.45, 7) is 1.33. The van der Waals surface area contributed by atoms with Crippen molar-refractivity contribution in [3.8, 4) is 0 Å². The van der Waals surface area contributed by atoms with Crippen LogP contribution >= 0.6 is 0 Å². The van der Waals surface area contributed by atoms with Gasteiger partial charge in [0.05, 0.1) is 16.5 Å². The highest BCUT2D eigenvalue weighted by atomic mass is 19.4. The topological polar surface area (TPSA) is 81.1 Å². The van der Waals surface area contributed by atoms with Crippen LogP contribution in [0, 0.1) is 6.92 Å². The van der Waals surface area contributed by atoms with Gasteiger partial charge in [0.15, 0.2) is 5.78 Å². The molecule has 2 aromatic carbocycles. The summed E-state index contributed by atoms with van der Waals surface area (Å²) in [5.41, 5.74) is -0.516. The van der Waals surface area contributed by atoms with Crippen LogP contribution in [-0.2, 0) is 17.5 Å². The molecule has 4 aromatic rings. The number of hydrogen-bond donors (Lipinski definition) is 1. The number of ketones is 1. The molecule has 0 saturated heterocycles. The Morgan fingerprint density at radius 2 is 1.74 bits per heavy atom. The van der Waals surface area contributed by atoms with Crippen LogP contribution in [0.5, 0.6) is 0 Å². The Hall–Kier alpha value is -4.27. The summed E-state index contributed by atoms with van der Waals surface area (Å²) in [5, 5.41) is 2.58. The maximum Gasteiger partial charge on any atom is 0.416 e. The molecule has 1 N–H and O–H groups in total. The zero-order valence-corrected chi connectivity index (χ0v) is 17.9. The van der Waals surface area contributed by atoms with Gasteiger partial charge in [-0.15, -0.1) is 0 Å². The first-order valence-corrected chi connectivity index (χ1v) is 10.2. The summed E-state index contributed by atoms with van der Waals surface area (Å²) < 4.78 is 40.3. The molecular weight excluding hydrogens is 447 g/mol. The van der Waals surface area contributed by atoms with Crippen molar-refractivity contribution in [1.29, 1.82) is 0 Å². The lowest BCUT2D eigenvalue weighted by Crippen LogP contribution is -2.25. The first-order valence-electron chi connectivity index (χ1n) is 10.2. The van der Waals surface area contributed by atoms with Gasteiger partial charge in [0.25, 0.3) is 0 Å². The van der Waals surface area contributed by atoms with Crippen LogP contribution in [0.2, 0.25) is 0 Å². The van der Waals surface area contributed by atoms with Gasteiger partial charge in [0.2, 0.25) is 11.3 Å². The number of fused-ring (bicyclic) bond motifs is 1. The maximum absolute atomic E-state index is 13.0. The zero-order chi connectivity index (χ0) is 24.5. The number of carbonyl (C=O) groups excluding carboxylic acids is 2. The number of carbonyl (C=O) groups is 2. The SMILES string of the molecule is Cc1ccc2c(=O)c(C(=O)c3ccccc3)cn(CC(=O)Nc3cccc(C(F)(F)F)c3)c2n1. The average molecular weight is 465 g/mol. The molecule has 0 aliphatic heterocycles. The van der Waals surface area contributed by atoms with E-state index in [0.29, 0.717) is 11.3 Å². The number of amides is 1. The first kappa shape index (κ1) is 22.9. The molecule has 172 valence electrons. The number of alkyl halides is 3. The van der Waals surface area contributed by atoms with Crippen molar-refractivity contribution < 1.29 is 22.8 Å². The highest BCUT2D eigenvalue weighted by molar-refractivity contribution is 6.10. The van der Waals surface area contributed by atoms with Crippen LogP contribution in [0.1, 0.15) is 27.2 Å². The Balaban J connectivity index is 1.72. The molecule has 0 spiro atoms. The van der Waals surface area contributed by atoms with Gasteiger partial charge in [0, 0.05) is 23.1 Å². The third-order valence-electron chi connectivity index (χ3n) is 5.13. The highest BCUT2D eigenvalue weighted by Crippen LogP contribution is 2.30. The van der Waals surface area contributed by atoms with E-state index < -0.39 is 28.9 Å². The van der Waals surface area contributed by atoms with Crippen LogP contribution in [-0.4, -0.2) is 21.2 Å². The minimum absolute atomic E-state index is 0.0325. The molecule has 0 unspecified atom stereocenters. The molecule has 0 saturated carbocycles. The predicted octanol–water partition coefficient (Wildman–Crippen LogP) is 4.59. The number of rotatable bonds is 5. The van der Waals surface area contributed by atoms with Gasteiger partial charge >= 0.3 is 6.18 Å². The minimum atomic E-state index is -4.55. The van der Waals surface area contributed by atoms with E-state index in [-0.39, 0.29) is 28.8 Å². The molecule has 0 bridgehead atoms. The quantitative estimate of drug-likeness (QED) is 0.437. The van der Waals surface area contributed by atoms with Gasteiger partial charge < -0.3 is 9.88 Å². The Morgan fingerprint density at radius 3 is 2.44 bits per heavy atom. The van der Waals surface area contributed by atoms with Crippen molar-refractivity contribution in [2.45, 2.75) is 19.6 Å². The smallest absolute Gasteiger partial charge is 0.325 e. The Labute approximate surface area is 191 Å². The van der Waals surface area contributed by atoms with Crippen molar-refractivity contribution in [2.24, 2.45) is 0 Å². The van der Waals surface area contributed by atoms with Gasteiger partial charge in [-0.3, -0.25) is 14.4 Å². The van der Waals surface area contributed by atoms with Gasteiger partial charge in [-0.2, -0.15) is 13.2 Å². The lowest BCUT2D eigenvalue weighted by molar-refractivity contribution is -0.137. The lowest BCUT2D eigenvalue weighted by atomic mass is 10.0. The highest BCUT2D eigenvalue weighted by Gasteiger charge is 2.30. The number of aromatic nitrogens is 2. The molecule has 1 amide bonds. The zero-order valence-electron chi connectivity index (χ0n) is 17.9. The largest absolute Gasteiger partial charge is 0.416 e. The monoisotopic (exact) mass is 465 g/mol. The standard InChI is InChI=1S/C25H18F3N3O3/c1-15-10-11-19-23(34)20(22(33)16-6-3-2-4-7-16)13-31(24(19)29-15)14-21(32)30-18-9-5-8-17(12-18)25(26,27)28/h2-13H,14H2,1H3,(H,30,32). The number of aryl methyl sites for hydroxylation is 1. The molecule has 6 nitrogen and oxygen atoms in total. The van der Waals surface area contributed by atoms with Crippen LogP contribution in [0.15, 0.2) is 77.7 Å². The number of halogens is 3. The molecule has 0 fully saturated rings. The van der Waals surface area contributed by atoms with E-state index in [1.54, 1.807) is 43.3 Å². The van der Waals surface area contributed by atoms with Crippen LogP contribution in [0.25, 0.3) is 11.0 Å². The fraction of sp³-hybridized carbons (Fsp3) is 0.120. The van der Waals surface area contributed by atoms with E-state index in [2.05, 4.69) is 10.3 Å². The number of nitrogens with zero attached hydrogens (tertiary/aromatic N) is 2. The molecule has 0 aliphatic rings. The van der Waals surface area contributed by atoms with E-state index in [0.717, 1.165) is 12.1 Å². The fourth-order valence-corrected chi connectivity index (χ4v) is 3.52. The third-order valence-corrected chi connectivity index (χ3v) is 5.13. The Bertz CT molecular complexity index is 1460. The predicted molar refractivity (Wildman–Crippen MR) is 121 cm³/mol. The lowest BCUT2D eigenvalue weighted by Gasteiger charge is -2.14. The third kappa shape index (κ3) is 4.73. The summed E-state index contributed by atoms with van der Waals surface area (Å²) >= 11 is 0. The Kier molecular flexibility index (Phi) is 6.02. The van der Waals surface area contributed by atoms with Crippen molar-refractivity contribution in [1.82, 2.24) is 9.55 Å². The summed E-state index contributed by atoms with van der Waals surface area (Å²) in [6.07, 6.45) is -3.29. The van der Waals surface area contributed by atoms with Gasteiger partial charge in [-0.25, -0.2) is 4.98 Å². The molecular formula is C25H18F3N3O3. The Morgan fingerprint density at radius 1 is 1.00 bits per heavy atom. The van der Waals surface area contributed by atoms with E-state index in [1.807, 2.05) is 0 Å². The number of anilines is 1.